The molecule has 8 nitrogen and oxygen atoms in total. The molecule has 0 saturated heterocycles. The van der Waals surface area contributed by atoms with Crippen molar-refractivity contribution in [1.82, 2.24) is 5.43 Å². The molecule has 26 heavy (non-hydrogen) atoms. The Labute approximate surface area is 151 Å². The van der Waals surface area contributed by atoms with E-state index in [2.05, 4.69) is 5.43 Å². The highest BCUT2D eigenvalue weighted by atomic mass is 16.5. The number of nitrogens with one attached hydrogen (secondary N) is 1. The molecule has 2 rings (SSSR count). The Kier molecular flexibility index (Phi) is 6.03. The van der Waals surface area contributed by atoms with Crippen molar-refractivity contribution >= 4 is 11.4 Å². The highest BCUT2D eigenvalue weighted by Gasteiger charge is 2.17. The highest BCUT2D eigenvalue weighted by Crippen LogP contribution is 2.40. The molecule has 6 N–H and O–H groups in total. The van der Waals surface area contributed by atoms with Gasteiger partial charge in [-0.3, -0.25) is 5.84 Å². The average molecular weight is 361 g/mol. The fourth-order valence-electron chi connectivity index (χ4n) is 2.54. The molecule has 0 aliphatic rings. The van der Waals surface area contributed by atoms with E-state index in [0.717, 1.165) is 0 Å². The standard InChI is InChI=1S/C18H23N3O5/c1-23-13-6-5-10(7-12(13)22)17(21-20)16(19)11-8-14(24-2)18(26-4)15(9-11)25-3/h5-9,21-22H,19-20H2,1-4H3/b17-16-. The van der Waals surface area contributed by atoms with Crippen LogP contribution in [-0.4, -0.2) is 33.5 Å². The number of benzene rings is 2. The van der Waals surface area contributed by atoms with E-state index >= 15 is 0 Å². The van der Waals surface area contributed by atoms with Crippen LogP contribution in [0.5, 0.6) is 28.7 Å². The third kappa shape index (κ3) is 3.55. The summed E-state index contributed by atoms with van der Waals surface area (Å²) in [5.74, 6) is 7.35. The third-order valence-electron chi connectivity index (χ3n) is 3.86. The Morgan fingerprint density at radius 2 is 1.42 bits per heavy atom. The Morgan fingerprint density at radius 1 is 0.846 bits per heavy atom. The molecule has 0 radical (unpaired) electrons. The van der Waals surface area contributed by atoms with Crippen LogP contribution in [0, 0.1) is 0 Å². The Bertz CT molecular complexity index is 795. The summed E-state index contributed by atoms with van der Waals surface area (Å²) in [5, 5.41) is 10.0. The second-order valence-electron chi connectivity index (χ2n) is 5.23. The van der Waals surface area contributed by atoms with Crippen LogP contribution in [0.2, 0.25) is 0 Å². The smallest absolute Gasteiger partial charge is 0.203 e. The molecule has 140 valence electrons. The predicted octanol–water partition coefficient (Wildman–Crippen LogP) is 1.67. The molecule has 0 bridgehead atoms. The van der Waals surface area contributed by atoms with Gasteiger partial charge in [-0.2, -0.15) is 0 Å². The van der Waals surface area contributed by atoms with E-state index in [-0.39, 0.29) is 5.75 Å². The fraction of sp³-hybridized carbons (Fsp3) is 0.222. The Hall–Kier alpha value is -3.26. The molecule has 0 unspecified atom stereocenters. The van der Waals surface area contributed by atoms with Gasteiger partial charge < -0.3 is 35.2 Å². The van der Waals surface area contributed by atoms with Gasteiger partial charge >= 0.3 is 0 Å². The first kappa shape index (κ1) is 19.1. The molecule has 0 aliphatic carbocycles. The molecule has 0 saturated carbocycles. The molecule has 8 heteroatoms. The van der Waals surface area contributed by atoms with E-state index in [9.17, 15) is 5.11 Å². The van der Waals surface area contributed by atoms with E-state index in [0.29, 0.717) is 45.5 Å². The van der Waals surface area contributed by atoms with Crippen LogP contribution in [-0.2, 0) is 0 Å². The Balaban J connectivity index is 2.62. The summed E-state index contributed by atoms with van der Waals surface area (Å²) < 4.78 is 21.1. The normalized spacial score (nSPS) is 11.4. The minimum Gasteiger partial charge on any atom is -0.504 e. The molecule has 0 atom stereocenters. The first-order valence-electron chi connectivity index (χ1n) is 7.64. The summed E-state index contributed by atoms with van der Waals surface area (Å²) in [6.45, 7) is 0. The maximum atomic E-state index is 10.0. The molecule has 0 fully saturated rings. The zero-order valence-electron chi connectivity index (χ0n) is 15.1. The van der Waals surface area contributed by atoms with Crippen LogP contribution in [0.25, 0.3) is 11.4 Å². The van der Waals surface area contributed by atoms with Crippen molar-refractivity contribution in [3.63, 3.8) is 0 Å². The van der Waals surface area contributed by atoms with Gasteiger partial charge in [0.25, 0.3) is 0 Å². The van der Waals surface area contributed by atoms with Gasteiger partial charge in [0.05, 0.1) is 39.8 Å². The Morgan fingerprint density at radius 3 is 1.85 bits per heavy atom. The molecule has 2 aromatic rings. The molecule has 0 heterocycles. The minimum atomic E-state index is -0.0320. The predicted molar refractivity (Wildman–Crippen MR) is 99.1 cm³/mol. The number of phenols is 1. The van der Waals surface area contributed by atoms with E-state index in [1.165, 1.54) is 34.5 Å². The van der Waals surface area contributed by atoms with Gasteiger partial charge in [0.2, 0.25) is 5.75 Å². The van der Waals surface area contributed by atoms with Gasteiger partial charge in [-0.05, 0) is 30.3 Å². The van der Waals surface area contributed by atoms with Gasteiger partial charge in [0.1, 0.15) is 0 Å². The van der Waals surface area contributed by atoms with Crippen molar-refractivity contribution in [3.05, 3.63) is 41.5 Å². The molecule has 0 aromatic heterocycles. The summed E-state index contributed by atoms with van der Waals surface area (Å²) >= 11 is 0. The summed E-state index contributed by atoms with van der Waals surface area (Å²) in [4.78, 5) is 0. The number of phenolic OH excluding ortho intramolecular Hbond substituents is 1. The van der Waals surface area contributed by atoms with Crippen LogP contribution in [0.1, 0.15) is 11.1 Å². The second-order valence-corrected chi connectivity index (χ2v) is 5.23. The van der Waals surface area contributed by atoms with E-state index < -0.39 is 0 Å². The van der Waals surface area contributed by atoms with Gasteiger partial charge in [0, 0.05) is 11.1 Å². The number of hydrogen-bond donors (Lipinski definition) is 4. The van der Waals surface area contributed by atoms with Crippen LogP contribution in [0.15, 0.2) is 30.3 Å². The number of hydrazine groups is 1. The monoisotopic (exact) mass is 361 g/mol. The lowest BCUT2D eigenvalue weighted by Gasteiger charge is -2.17. The number of aromatic hydroxyl groups is 1. The van der Waals surface area contributed by atoms with Crippen molar-refractivity contribution in [2.24, 2.45) is 11.6 Å². The molecule has 0 amide bonds. The first-order chi connectivity index (χ1) is 12.5. The number of rotatable bonds is 7. The lowest BCUT2D eigenvalue weighted by atomic mass is 10.0. The average Bonchev–Trinajstić information content (AvgIpc) is 2.67. The van der Waals surface area contributed by atoms with E-state index in [4.69, 9.17) is 30.5 Å². The molecule has 0 aliphatic heterocycles. The van der Waals surface area contributed by atoms with Gasteiger partial charge in [-0.15, -0.1) is 0 Å². The number of nitrogens with two attached hydrogens (primary N) is 2. The topological polar surface area (TPSA) is 121 Å². The zero-order valence-corrected chi connectivity index (χ0v) is 15.1. The van der Waals surface area contributed by atoms with E-state index in [1.807, 2.05) is 0 Å². The van der Waals surface area contributed by atoms with Crippen molar-refractivity contribution in [2.45, 2.75) is 0 Å². The fourth-order valence-corrected chi connectivity index (χ4v) is 2.54. The SMILES string of the molecule is COc1ccc(/C(NN)=C(/N)c2cc(OC)c(OC)c(OC)c2)cc1O. The minimum absolute atomic E-state index is 0.0320. The highest BCUT2D eigenvalue weighted by molar-refractivity contribution is 5.89. The maximum Gasteiger partial charge on any atom is 0.203 e. The van der Waals surface area contributed by atoms with Crippen LogP contribution >= 0.6 is 0 Å². The summed E-state index contributed by atoms with van der Waals surface area (Å²) in [6, 6.07) is 8.25. The van der Waals surface area contributed by atoms with Crippen LogP contribution in [0.3, 0.4) is 0 Å². The van der Waals surface area contributed by atoms with Crippen molar-refractivity contribution in [1.29, 1.82) is 0 Å². The largest absolute Gasteiger partial charge is 0.504 e. The zero-order chi connectivity index (χ0) is 19.3. The first-order valence-corrected chi connectivity index (χ1v) is 7.64. The third-order valence-corrected chi connectivity index (χ3v) is 3.86. The van der Waals surface area contributed by atoms with E-state index in [1.54, 1.807) is 24.3 Å². The molecule has 0 spiro atoms. The van der Waals surface area contributed by atoms with Crippen molar-refractivity contribution in [2.75, 3.05) is 28.4 Å². The van der Waals surface area contributed by atoms with Gasteiger partial charge in [-0.1, -0.05) is 0 Å². The summed E-state index contributed by atoms with van der Waals surface area (Å²) in [5.41, 5.74) is 10.8. The molecular formula is C18H23N3O5. The lowest BCUT2D eigenvalue weighted by molar-refractivity contribution is 0.324. The lowest BCUT2D eigenvalue weighted by Crippen LogP contribution is -2.23. The second kappa shape index (κ2) is 8.21. The van der Waals surface area contributed by atoms with Crippen LogP contribution < -0.4 is 35.9 Å². The van der Waals surface area contributed by atoms with Gasteiger partial charge in [0.15, 0.2) is 23.0 Å². The molecule has 2 aromatic carbocycles. The molecular weight excluding hydrogens is 338 g/mol. The summed E-state index contributed by atoms with van der Waals surface area (Å²) in [6.07, 6.45) is 0. The summed E-state index contributed by atoms with van der Waals surface area (Å²) in [7, 11) is 6.03. The quantitative estimate of drug-likeness (QED) is 0.334. The van der Waals surface area contributed by atoms with Gasteiger partial charge in [-0.25, -0.2) is 0 Å². The van der Waals surface area contributed by atoms with Crippen molar-refractivity contribution < 1.29 is 24.1 Å². The number of ether oxygens (including phenoxy) is 4. The maximum absolute atomic E-state index is 10.0. The number of hydrogen-bond acceptors (Lipinski definition) is 8. The van der Waals surface area contributed by atoms with Crippen LogP contribution in [0.4, 0.5) is 0 Å². The number of methoxy groups -OCH3 is 4. The van der Waals surface area contributed by atoms with Crippen molar-refractivity contribution in [3.8, 4) is 28.7 Å².